The fourth-order valence-corrected chi connectivity index (χ4v) is 6.74. The van der Waals surface area contributed by atoms with E-state index in [0.29, 0.717) is 24.3 Å². The van der Waals surface area contributed by atoms with E-state index in [-0.39, 0.29) is 0 Å². The van der Waals surface area contributed by atoms with Crippen molar-refractivity contribution in [2.24, 2.45) is 11.6 Å². The van der Waals surface area contributed by atoms with Gasteiger partial charge in [0.05, 0.1) is 18.1 Å². The molecule has 6 N–H and O–H groups in total. The number of aryl methyl sites for hydroxylation is 2. The van der Waals surface area contributed by atoms with Crippen LogP contribution >= 0.6 is 0 Å². The van der Waals surface area contributed by atoms with Crippen LogP contribution in [0.25, 0.3) is 0 Å². The Balaban J connectivity index is 0.00000226. The highest BCUT2D eigenvalue weighted by atomic mass is 32.2. The normalized spacial score (nSPS) is 19.1. The standard InChI is InChI=1S/C29H47N7O2S.CH5N/c1-5-22-8-9-24(25(16-22)18-32-30)20-34-12-10-28(11-13-34)36-15-14-35(21-27(36)7-3)29-23(6-2)17-26(19-31-29)33-39(4,37)38;1-2/h8-9,16-17,19,27-28,32-33H,5-7,10-15,18,20-21,30H2,1-4H3;2H2,1H3. The summed E-state index contributed by atoms with van der Waals surface area (Å²) < 4.78 is 25.9. The molecule has 0 saturated carbocycles. The minimum atomic E-state index is -3.32. The van der Waals surface area contributed by atoms with Crippen LogP contribution in [0.3, 0.4) is 0 Å². The van der Waals surface area contributed by atoms with Crippen LogP contribution in [0.4, 0.5) is 11.5 Å². The van der Waals surface area contributed by atoms with Crippen LogP contribution in [0.1, 0.15) is 62.3 Å². The van der Waals surface area contributed by atoms with Gasteiger partial charge in [0.1, 0.15) is 5.82 Å². The molecule has 1 aromatic carbocycles. The Morgan fingerprint density at radius 3 is 2.32 bits per heavy atom. The maximum absolute atomic E-state index is 11.7. The Bertz CT molecular complexity index is 1200. The van der Waals surface area contributed by atoms with Crippen molar-refractivity contribution in [2.75, 3.05) is 55.6 Å². The third kappa shape index (κ3) is 9.10. The largest absolute Gasteiger partial charge is 0.354 e. The summed E-state index contributed by atoms with van der Waals surface area (Å²) in [6, 6.07) is 9.85. The first-order valence-corrected chi connectivity index (χ1v) is 16.9. The van der Waals surface area contributed by atoms with E-state index in [1.165, 1.54) is 42.8 Å². The first-order valence-electron chi connectivity index (χ1n) is 15.1. The predicted octanol–water partition coefficient (Wildman–Crippen LogP) is 2.68. The van der Waals surface area contributed by atoms with Gasteiger partial charge >= 0.3 is 0 Å². The molecule has 230 valence electrons. The smallest absolute Gasteiger partial charge is 0.229 e. The number of nitrogens with zero attached hydrogens (tertiary/aromatic N) is 4. The number of aromatic nitrogens is 1. The minimum absolute atomic E-state index is 0.486. The molecule has 0 amide bonds. The van der Waals surface area contributed by atoms with E-state index in [1.807, 2.05) is 6.07 Å². The van der Waals surface area contributed by atoms with Crippen molar-refractivity contribution in [1.82, 2.24) is 20.2 Å². The topological polar surface area (TPSA) is 133 Å². The number of pyridine rings is 1. The van der Waals surface area contributed by atoms with Crippen molar-refractivity contribution in [1.29, 1.82) is 0 Å². The van der Waals surface area contributed by atoms with Crippen LogP contribution in [-0.4, -0.2) is 81.3 Å². The molecule has 0 aliphatic carbocycles. The van der Waals surface area contributed by atoms with Gasteiger partial charge in [-0.25, -0.2) is 13.4 Å². The molecule has 10 nitrogen and oxygen atoms in total. The van der Waals surface area contributed by atoms with Crippen molar-refractivity contribution < 1.29 is 8.42 Å². The van der Waals surface area contributed by atoms with Gasteiger partial charge in [0.15, 0.2) is 0 Å². The number of piperidine rings is 1. The Morgan fingerprint density at radius 2 is 1.71 bits per heavy atom. The SMILES string of the molecule is CCc1ccc(CN2CCC(N3CCN(c4ncc(NS(C)(=O)=O)cc4CC)CC3CC)CC2)c(CNN)c1.CN. The van der Waals surface area contributed by atoms with Crippen molar-refractivity contribution in [3.05, 3.63) is 52.7 Å². The van der Waals surface area contributed by atoms with Crippen LogP contribution in [0.2, 0.25) is 0 Å². The lowest BCUT2D eigenvalue weighted by atomic mass is 9.96. The Labute approximate surface area is 247 Å². The lowest BCUT2D eigenvalue weighted by Crippen LogP contribution is -2.58. The quantitative estimate of drug-likeness (QED) is 0.231. The summed E-state index contributed by atoms with van der Waals surface area (Å²) in [5.41, 5.74) is 13.0. The molecular weight excluding hydrogens is 536 g/mol. The number of nitrogens with one attached hydrogen (secondary N) is 2. The zero-order chi connectivity index (χ0) is 30.0. The van der Waals surface area contributed by atoms with E-state index >= 15 is 0 Å². The number of benzene rings is 1. The third-order valence-electron chi connectivity index (χ3n) is 8.32. The van der Waals surface area contributed by atoms with Crippen LogP contribution < -0.4 is 26.6 Å². The monoisotopic (exact) mass is 588 g/mol. The van der Waals surface area contributed by atoms with Gasteiger partial charge in [0, 0.05) is 44.8 Å². The first kappa shape index (κ1) is 33.2. The molecule has 1 aromatic heterocycles. The van der Waals surface area contributed by atoms with E-state index < -0.39 is 10.0 Å². The fraction of sp³-hybridized carbons (Fsp3) is 0.633. The van der Waals surface area contributed by atoms with Crippen molar-refractivity contribution in [3.8, 4) is 0 Å². The summed E-state index contributed by atoms with van der Waals surface area (Å²) in [5, 5.41) is 0. The number of likely N-dealkylation sites (tertiary alicyclic amines) is 1. The summed E-state index contributed by atoms with van der Waals surface area (Å²) in [5.74, 6) is 6.66. The van der Waals surface area contributed by atoms with E-state index in [1.54, 1.807) is 6.20 Å². The highest BCUT2D eigenvalue weighted by molar-refractivity contribution is 7.92. The summed E-state index contributed by atoms with van der Waals surface area (Å²) >= 11 is 0. The Morgan fingerprint density at radius 1 is 0.976 bits per heavy atom. The molecule has 41 heavy (non-hydrogen) atoms. The van der Waals surface area contributed by atoms with Crippen molar-refractivity contribution >= 4 is 21.5 Å². The average Bonchev–Trinajstić information content (AvgIpc) is 2.98. The summed E-state index contributed by atoms with van der Waals surface area (Å²) in [6.07, 6.45) is 8.14. The molecule has 2 aliphatic rings. The molecule has 3 heterocycles. The second kappa shape index (κ2) is 15.8. The van der Waals surface area contributed by atoms with E-state index in [9.17, 15) is 8.42 Å². The number of rotatable bonds is 11. The fourth-order valence-electron chi connectivity index (χ4n) is 6.20. The molecular formula is C30H52N8O2S. The van der Waals surface area contributed by atoms with Crippen LogP contribution in [0, 0.1) is 0 Å². The maximum Gasteiger partial charge on any atom is 0.229 e. The molecule has 4 rings (SSSR count). The third-order valence-corrected chi connectivity index (χ3v) is 8.92. The van der Waals surface area contributed by atoms with Gasteiger partial charge in [-0.15, -0.1) is 0 Å². The number of anilines is 2. The van der Waals surface area contributed by atoms with E-state index in [2.05, 4.69) is 69.6 Å². The summed E-state index contributed by atoms with van der Waals surface area (Å²) in [4.78, 5) is 12.4. The number of hydrazine groups is 1. The van der Waals surface area contributed by atoms with Crippen LogP contribution in [0.15, 0.2) is 30.5 Å². The molecule has 11 heteroatoms. The maximum atomic E-state index is 11.7. The number of piperazine rings is 1. The Hall–Kier alpha value is -2.28. The predicted molar refractivity (Wildman–Crippen MR) is 170 cm³/mol. The van der Waals surface area contributed by atoms with Gasteiger partial charge in [-0.3, -0.25) is 25.8 Å². The number of hydrogen-bond acceptors (Lipinski definition) is 9. The molecule has 0 spiro atoms. The number of sulfonamides is 1. The molecule has 2 aliphatic heterocycles. The molecule has 1 unspecified atom stereocenters. The van der Waals surface area contributed by atoms with Crippen molar-refractivity contribution in [3.63, 3.8) is 0 Å². The molecule has 0 radical (unpaired) electrons. The molecule has 0 bridgehead atoms. The summed E-state index contributed by atoms with van der Waals surface area (Å²) in [6.45, 7) is 13.4. The molecule has 1 atom stereocenters. The zero-order valence-corrected chi connectivity index (χ0v) is 26.5. The van der Waals surface area contributed by atoms with Gasteiger partial charge in [0.2, 0.25) is 10.0 Å². The van der Waals surface area contributed by atoms with Gasteiger partial charge in [-0.2, -0.15) is 0 Å². The highest BCUT2D eigenvalue weighted by Crippen LogP contribution is 2.29. The van der Waals surface area contributed by atoms with Gasteiger partial charge in [-0.05, 0) is 80.6 Å². The van der Waals surface area contributed by atoms with Gasteiger partial charge in [-0.1, -0.05) is 39.0 Å². The lowest BCUT2D eigenvalue weighted by molar-refractivity contribution is 0.0609. The molecule has 2 saturated heterocycles. The van der Waals surface area contributed by atoms with Crippen LogP contribution in [0.5, 0.6) is 0 Å². The van der Waals surface area contributed by atoms with E-state index in [4.69, 9.17) is 10.8 Å². The Kier molecular flexibility index (Phi) is 12.8. The first-order chi connectivity index (χ1) is 19.7. The number of hydrogen-bond donors (Lipinski definition) is 4. The van der Waals surface area contributed by atoms with Gasteiger partial charge < -0.3 is 10.6 Å². The molecule has 2 aromatic rings. The average molecular weight is 589 g/mol. The van der Waals surface area contributed by atoms with Crippen LogP contribution in [-0.2, 0) is 36.0 Å². The van der Waals surface area contributed by atoms with E-state index in [0.717, 1.165) is 69.9 Å². The second-order valence-corrected chi connectivity index (χ2v) is 12.8. The lowest BCUT2D eigenvalue weighted by Gasteiger charge is -2.48. The highest BCUT2D eigenvalue weighted by Gasteiger charge is 2.34. The molecule has 2 fully saturated rings. The van der Waals surface area contributed by atoms with Gasteiger partial charge in [0.25, 0.3) is 0 Å². The summed E-state index contributed by atoms with van der Waals surface area (Å²) in [7, 11) is -1.82. The number of nitrogens with two attached hydrogens (primary N) is 2. The zero-order valence-electron chi connectivity index (χ0n) is 25.7. The van der Waals surface area contributed by atoms with Crippen molar-refractivity contribution in [2.45, 2.75) is 78.0 Å². The minimum Gasteiger partial charge on any atom is -0.354 e. The second-order valence-electron chi connectivity index (χ2n) is 11.0.